The summed E-state index contributed by atoms with van der Waals surface area (Å²) < 4.78 is 1.98. The molecule has 1 amide bonds. The maximum absolute atomic E-state index is 12.1. The standard InChI is InChI=1S/C18H16N4OS2/c23-17(10-14-12-25-18(21-14)15-4-3-9-24-15)19-7-6-13-11-22-8-2-1-5-16(22)20-13/h1-5,8-9,11-12H,6-7,10H2,(H,19,23). The summed E-state index contributed by atoms with van der Waals surface area (Å²) in [5.74, 6) is -0.00760. The minimum absolute atomic E-state index is 0.00760. The zero-order valence-electron chi connectivity index (χ0n) is 13.4. The van der Waals surface area contributed by atoms with Gasteiger partial charge in [0.2, 0.25) is 5.91 Å². The summed E-state index contributed by atoms with van der Waals surface area (Å²) in [4.78, 5) is 22.3. The monoisotopic (exact) mass is 368 g/mol. The van der Waals surface area contributed by atoms with E-state index in [4.69, 9.17) is 0 Å². The fourth-order valence-corrected chi connectivity index (χ4v) is 4.20. The average molecular weight is 368 g/mol. The van der Waals surface area contributed by atoms with Crippen molar-refractivity contribution in [1.29, 1.82) is 0 Å². The average Bonchev–Trinajstić information content (AvgIpc) is 3.34. The largest absolute Gasteiger partial charge is 0.355 e. The van der Waals surface area contributed by atoms with Gasteiger partial charge < -0.3 is 9.72 Å². The first-order valence-electron chi connectivity index (χ1n) is 7.95. The van der Waals surface area contributed by atoms with Gasteiger partial charge in [-0.15, -0.1) is 22.7 Å². The summed E-state index contributed by atoms with van der Waals surface area (Å²) in [5, 5.41) is 7.91. The van der Waals surface area contributed by atoms with E-state index in [1.807, 2.05) is 57.9 Å². The number of carbonyl (C=O) groups is 1. The van der Waals surface area contributed by atoms with Crippen LogP contribution in [0.1, 0.15) is 11.4 Å². The Kier molecular flexibility index (Phi) is 4.58. The third kappa shape index (κ3) is 3.78. The number of nitrogens with zero attached hydrogens (tertiary/aromatic N) is 3. The van der Waals surface area contributed by atoms with Gasteiger partial charge in [0.25, 0.3) is 0 Å². The molecule has 0 unspecified atom stereocenters. The molecule has 1 N–H and O–H groups in total. The maximum Gasteiger partial charge on any atom is 0.226 e. The molecule has 0 atom stereocenters. The van der Waals surface area contributed by atoms with Gasteiger partial charge in [0.05, 0.1) is 22.7 Å². The molecule has 0 aliphatic carbocycles. The zero-order valence-corrected chi connectivity index (χ0v) is 15.0. The van der Waals surface area contributed by atoms with E-state index in [1.54, 1.807) is 22.7 Å². The van der Waals surface area contributed by atoms with Gasteiger partial charge in [0.15, 0.2) is 0 Å². The highest BCUT2D eigenvalue weighted by atomic mass is 32.1. The molecule has 126 valence electrons. The molecule has 0 aliphatic rings. The molecule has 0 bridgehead atoms. The lowest BCUT2D eigenvalue weighted by atomic mass is 10.3. The summed E-state index contributed by atoms with van der Waals surface area (Å²) in [5.41, 5.74) is 2.71. The topological polar surface area (TPSA) is 59.3 Å². The van der Waals surface area contributed by atoms with Crippen LogP contribution < -0.4 is 5.32 Å². The molecule has 0 aromatic carbocycles. The molecule has 5 nitrogen and oxygen atoms in total. The number of imidazole rings is 1. The maximum atomic E-state index is 12.1. The third-order valence-electron chi connectivity index (χ3n) is 3.74. The van der Waals surface area contributed by atoms with Crippen molar-refractivity contribution in [3.8, 4) is 9.88 Å². The quantitative estimate of drug-likeness (QED) is 0.567. The minimum Gasteiger partial charge on any atom is -0.355 e. The van der Waals surface area contributed by atoms with Gasteiger partial charge >= 0.3 is 0 Å². The summed E-state index contributed by atoms with van der Waals surface area (Å²) in [7, 11) is 0. The van der Waals surface area contributed by atoms with E-state index in [2.05, 4.69) is 15.3 Å². The Hall–Kier alpha value is -2.51. The van der Waals surface area contributed by atoms with Crippen LogP contribution in [0.3, 0.4) is 0 Å². The van der Waals surface area contributed by atoms with Crippen LogP contribution in [0.4, 0.5) is 0 Å². The van der Waals surface area contributed by atoms with Crippen molar-refractivity contribution >= 4 is 34.2 Å². The SMILES string of the molecule is O=C(Cc1csc(-c2cccs2)n1)NCCc1cn2ccccc2n1. The Morgan fingerprint density at radius 1 is 1.12 bits per heavy atom. The summed E-state index contributed by atoms with van der Waals surface area (Å²) >= 11 is 3.24. The third-order valence-corrected chi connectivity index (χ3v) is 5.67. The first kappa shape index (κ1) is 16.0. The second-order valence-corrected chi connectivity index (χ2v) is 7.40. The number of amides is 1. The number of rotatable bonds is 6. The normalized spacial score (nSPS) is 11.0. The van der Waals surface area contributed by atoms with E-state index >= 15 is 0 Å². The van der Waals surface area contributed by atoms with E-state index in [0.29, 0.717) is 19.4 Å². The summed E-state index contributed by atoms with van der Waals surface area (Å²) in [6.45, 7) is 0.574. The van der Waals surface area contributed by atoms with Crippen LogP contribution in [-0.4, -0.2) is 26.8 Å². The van der Waals surface area contributed by atoms with Crippen molar-refractivity contribution in [2.75, 3.05) is 6.54 Å². The lowest BCUT2D eigenvalue weighted by Gasteiger charge is -2.02. The van der Waals surface area contributed by atoms with Crippen LogP contribution in [-0.2, 0) is 17.6 Å². The lowest BCUT2D eigenvalue weighted by molar-refractivity contribution is -0.120. The highest BCUT2D eigenvalue weighted by Crippen LogP contribution is 2.27. The van der Waals surface area contributed by atoms with Crippen molar-refractivity contribution in [3.05, 3.63) is 64.9 Å². The van der Waals surface area contributed by atoms with E-state index in [-0.39, 0.29) is 5.91 Å². The van der Waals surface area contributed by atoms with Crippen molar-refractivity contribution in [2.24, 2.45) is 0 Å². The van der Waals surface area contributed by atoms with Crippen molar-refractivity contribution in [1.82, 2.24) is 19.7 Å². The number of pyridine rings is 1. The van der Waals surface area contributed by atoms with Crippen molar-refractivity contribution in [3.63, 3.8) is 0 Å². The van der Waals surface area contributed by atoms with Crippen LogP contribution in [0.2, 0.25) is 0 Å². The van der Waals surface area contributed by atoms with Crippen LogP contribution in [0.5, 0.6) is 0 Å². The number of thiazole rings is 1. The second-order valence-electron chi connectivity index (χ2n) is 5.60. The van der Waals surface area contributed by atoms with Gasteiger partial charge in [0, 0.05) is 30.7 Å². The molecule has 4 aromatic rings. The van der Waals surface area contributed by atoms with E-state index in [1.165, 1.54) is 0 Å². The molecular formula is C18H16N4OS2. The van der Waals surface area contributed by atoms with Crippen molar-refractivity contribution in [2.45, 2.75) is 12.8 Å². The second kappa shape index (κ2) is 7.16. The molecule has 4 rings (SSSR count). The smallest absolute Gasteiger partial charge is 0.226 e. The number of fused-ring (bicyclic) bond motifs is 1. The summed E-state index contributed by atoms with van der Waals surface area (Å²) in [6.07, 6.45) is 4.99. The molecule has 0 spiro atoms. The van der Waals surface area contributed by atoms with Crippen molar-refractivity contribution < 1.29 is 4.79 Å². The molecule has 0 saturated carbocycles. The van der Waals surface area contributed by atoms with Gasteiger partial charge in [-0.3, -0.25) is 4.79 Å². The fraction of sp³-hybridized carbons (Fsp3) is 0.167. The molecule has 4 aromatic heterocycles. The van der Waals surface area contributed by atoms with Gasteiger partial charge in [0.1, 0.15) is 10.7 Å². The molecular weight excluding hydrogens is 352 g/mol. The molecule has 0 saturated heterocycles. The Morgan fingerprint density at radius 2 is 2.08 bits per heavy atom. The van der Waals surface area contributed by atoms with Crippen LogP contribution in [0.15, 0.2) is 53.5 Å². The molecule has 25 heavy (non-hydrogen) atoms. The highest BCUT2D eigenvalue weighted by molar-refractivity contribution is 7.20. The first-order chi connectivity index (χ1) is 12.3. The summed E-state index contributed by atoms with van der Waals surface area (Å²) in [6, 6.07) is 9.95. The van der Waals surface area contributed by atoms with Gasteiger partial charge in [-0.2, -0.15) is 0 Å². The zero-order chi connectivity index (χ0) is 17.1. The minimum atomic E-state index is -0.00760. The van der Waals surface area contributed by atoms with Crippen LogP contribution in [0, 0.1) is 0 Å². The fourth-order valence-electron chi connectivity index (χ4n) is 2.57. The number of carbonyl (C=O) groups excluding carboxylic acids is 1. The van der Waals surface area contributed by atoms with Gasteiger partial charge in [-0.05, 0) is 23.6 Å². The number of hydrogen-bond acceptors (Lipinski definition) is 5. The number of hydrogen-bond donors (Lipinski definition) is 1. The molecule has 0 fully saturated rings. The molecule has 4 heterocycles. The van der Waals surface area contributed by atoms with Crippen LogP contribution in [0.25, 0.3) is 15.5 Å². The highest BCUT2D eigenvalue weighted by Gasteiger charge is 2.10. The predicted molar refractivity (Wildman–Crippen MR) is 101 cm³/mol. The van der Waals surface area contributed by atoms with E-state index < -0.39 is 0 Å². The van der Waals surface area contributed by atoms with E-state index in [9.17, 15) is 4.79 Å². The Bertz CT molecular complexity index is 955. The molecule has 0 radical (unpaired) electrons. The number of thiophene rings is 1. The Morgan fingerprint density at radius 3 is 2.92 bits per heavy atom. The van der Waals surface area contributed by atoms with Crippen LogP contribution >= 0.6 is 22.7 Å². The number of aromatic nitrogens is 3. The predicted octanol–water partition coefficient (Wildman–Crippen LogP) is 3.42. The van der Waals surface area contributed by atoms with Gasteiger partial charge in [-0.25, -0.2) is 9.97 Å². The molecule has 0 aliphatic heterocycles. The van der Waals surface area contributed by atoms with E-state index in [0.717, 1.165) is 26.9 Å². The first-order valence-corrected chi connectivity index (χ1v) is 9.71. The Balaban J connectivity index is 1.29. The van der Waals surface area contributed by atoms with Gasteiger partial charge in [-0.1, -0.05) is 12.1 Å². The number of nitrogens with one attached hydrogen (secondary N) is 1. The Labute approximate surface area is 153 Å². The molecule has 7 heteroatoms. The lowest BCUT2D eigenvalue weighted by Crippen LogP contribution is -2.27.